The predicted molar refractivity (Wildman–Crippen MR) is 80.6 cm³/mol. The zero-order chi connectivity index (χ0) is 15.8. The van der Waals surface area contributed by atoms with E-state index in [1.807, 2.05) is 25.9 Å². The van der Waals surface area contributed by atoms with Crippen LogP contribution < -0.4 is 5.32 Å². The molecule has 0 radical (unpaired) electrons. The first-order chi connectivity index (χ1) is 9.99. The number of rotatable bonds is 7. The number of carbonyl (C=O) groups is 1. The van der Waals surface area contributed by atoms with Crippen LogP contribution in [0.5, 0.6) is 0 Å². The van der Waals surface area contributed by atoms with E-state index in [0.717, 1.165) is 5.56 Å². The molecule has 0 spiro atoms. The number of hydrogen-bond donors (Lipinski definition) is 2. The summed E-state index contributed by atoms with van der Waals surface area (Å²) in [6, 6.07) is 6.02. The number of likely N-dealkylation sites (N-methyl/N-ethyl adjacent to an activating group) is 2. The number of nitrogens with one attached hydrogen (secondary N) is 1. The molecule has 2 amide bonds. The Hall–Kier alpha value is -1.66. The van der Waals surface area contributed by atoms with E-state index in [2.05, 4.69) is 5.32 Å². The molecule has 0 saturated carbocycles. The average molecular weight is 297 g/mol. The van der Waals surface area contributed by atoms with Crippen molar-refractivity contribution in [2.45, 2.75) is 13.0 Å². The summed E-state index contributed by atoms with van der Waals surface area (Å²) in [5.41, 5.74) is 0.937. The molecule has 0 aliphatic rings. The molecule has 5 nitrogen and oxygen atoms in total. The second kappa shape index (κ2) is 8.59. The van der Waals surface area contributed by atoms with Crippen molar-refractivity contribution in [2.24, 2.45) is 0 Å². The Morgan fingerprint density at radius 2 is 1.95 bits per heavy atom. The molecule has 0 bridgehead atoms. The maximum Gasteiger partial charge on any atom is 0.317 e. The fourth-order valence-corrected chi connectivity index (χ4v) is 2.10. The predicted octanol–water partition coefficient (Wildman–Crippen LogP) is 1.45. The van der Waals surface area contributed by atoms with Gasteiger partial charge in [0.2, 0.25) is 0 Å². The van der Waals surface area contributed by atoms with Crippen molar-refractivity contribution in [2.75, 3.05) is 40.3 Å². The van der Waals surface area contributed by atoms with E-state index in [1.54, 1.807) is 12.1 Å². The summed E-state index contributed by atoms with van der Waals surface area (Å²) in [5, 5.41) is 11.8. The highest BCUT2D eigenvalue weighted by molar-refractivity contribution is 5.74. The molecule has 0 saturated heterocycles. The van der Waals surface area contributed by atoms with Crippen LogP contribution in [-0.4, -0.2) is 61.3 Å². The van der Waals surface area contributed by atoms with Gasteiger partial charge in [-0.05, 0) is 38.7 Å². The summed E-state index contributed by atoms with van der Waals surface area (Å²) < 4.78 is 13.0. The van der Waals surface area contributed by atoms with Crippen molar-refractivity contribution < 1.29 is 14.3 Å². The van der Waals surface area contributed by atoms with Crippen LogP contribution in [0, 0.1) is 5.82 Å². The Morgan fingerprint density at radius 1 is 1.33 bits per heavy atom. The second-order valence-corrected chi connectivity index (χ2v) is 5.02. The molecular weight excluding hydrogens is 273 g/mol. The highest BCUT2D eigenvalue weighted by Crippen LogP contribution is 2.17. The third-order valence-electron chi connectivity index (χ3n) is 3.36. The Bertz CT molecular complexity index is 437. The lowest BCUT2D eigenvalue weighted by Crippen LogP contribution is -2.44. The van der Waals surface area contributed by atoms with Crippen molar-refractivity contribution in [3.63, 3.8) is 0 Å². The Labute approximate surface area is 125 Å². The molecule has 118 valence electrons. The third kappa shape index (κ3) is 5.32. The number of hydrogen-bond acceptors (Lipinski definition) is 3. The van der Waals surface area contributed by atoms with Gasteiger partial charge >= 0.3 is 6.03 Å². The molecular formula is C15H24FN3O2. The van der Waals surface area contributed by atoms with E-state index in [-0.39, 0.29) is 24.5 Å². The highest BCUT2D eigenvalue weighted by Gasteiger charge is 2.17. The van der Waals surface area contributed by atoms with E-state index in [0.29, 0.717) is 19.6 Å². The van der Waals surface area contributed by atoms with E-state index < -0.39 is 0 Å². The normalized spacial score (nSPS) is 12.3. The number of aliphatic hydroxyl groups is 1. The molecule has 6 heteroatoms. The van der Waals surface area contributed by atoms with Gasteiger partial charge in [0, 0.05) is 19.6 Å². The van der Waals surface area contributed by atoms with Crippen LogP contribution in [-0.2, 0) is 0 Å². The van der Waals surface area contributed by atoms with Crippen LogP contribution in [0.15, 0.2) is 24.3 Å². The Kier molecular flexibility index (Phi) is 7.11. The van der Waals surface area contributed by atoms with E-state index in [1.165, 1.54) is 17.0 Å². The minimum absolute atomic E-state index is 0.0395. The van der Waals surface area contributed by atoms with Gasteiger partial charge in [-0.2, -0.15) is 0 Å². The van der Waals surface area contributed by atoms with Crippen molar-refractivity contribution in [3.8, 4) is 0 Å². The van der Waals surface area contributed by atoms with E-state index in [4.69, 9.17) is 5.11 Å². The van der Waals surface area contributed by atoms with Gasteiger partial charge < -0.3 is 20.2 Å². The Morgan fingerprint density at radius 3 is 2.43 bits per heavy atom. The molecule has 0 heterocycles. The van der Waals surface area contributed by atoms with Gasteiger partial charge in [0.05, 0.1) is 12.6 Å². The number of urea groups is 1. The lowest BCUT2D eigenvalue weighted by Gasteiger charge is -2.27. The summed E-state index contributed by atoms with van der Waals surface area (Å²) in [6.07, 6.45) is 0. The summed E-state index contributed by atoms with van der Waals surface area (Å²) in [6.45, 7) is 3.06. The quantitative estimate of drug-likeness (QED) is 0.801. The largest absolute Gasteiger partial charge is 0.395 e. The molecule has 1 atom stereocenters. The fraction of sp³-hybridized carbons (Fsp3) is 0.533. The molecule has 1 unspecified atom stereocenters. The van der Waals surface area contributed by atoms with Crippen LogP contribution in [0.4, 0.5) is 9.18 Å². The monoisotopic (exact) mass is 297 g/mol. The lowest BCUT2D eigenvalue weighted by atomic mass is 10.1. The van der Waals surface area contributed by atoms with Gasteiger partial charge in [0.25, 0.3) is 0 Å². The molecule has 2 N–H and O–H groups in total. The van der Waals surface area contributed by atoms with Gasteiger partial charge in [-0.1, -0.05) is 12.1 Å². The second-order valence-electron chi connectivity index (χ2n) is 5.02. The van der Waals surface area contributed by atoms with Crippen molar-refractivity contribution in [1.82, 2.24) is 15.1 Å². The number of benzene rings is 1. The van der Waals surface area contributed by atoms with Crippen LogP contribution in [0.2, 0.25) is 0 Å². The molecule has 0 fully saturated rings. The number of nitrogens with zero attached hydrogens (tertiary/aromatic N) is 2. The maximum absolute atomic E-state index is 13.0. The number of amides is 2. The minimum atomic E-state index is -0.277. The van der Waals surface area contributed by atoms with Crippen molar-refractivity contribution >= 4 is 6.03 Å². The molecule has 21 heavy (non-hydrogen) atoms. The highest BCUT2D eigenvalue weighted by atomic mass is 19.1. The van der Waals surface area contributed by atoms with Crippen LogP contribution in [0.3, 0.4) is 0 Å². The molecule has 1 aromatic rings. The first-order valence-corrected chi connectivity index (χ1v) is 7.05. The Balaban J connectivity index is 2.67. The summed E-state index contributed by atoms with van der Waals surface area (Å²) in [7, 11) is 3.82. The third-order valence-corrected chi connectivity index (χ3v) is 3.36. The maximum atomic E-state index is 13.0. The molecule has 0 aromatic heterocycles. The van der Waals surface area contributed by atoms with Gasteiger partial charge in [-0.25, -0.2) is 9.18 Å². The zero-order valence-electron chi connectivity index (χ0n) is 12.8. The number of halogens is 1. The summed E-state index contributed by atoms with van der Waals surface area (Å²) in [5.74, 6) is -0.277. The minimum Gasteiger partial charge on any atom is -0.395 e. The smallest absolute Gasteiger partial charge is 0.317 e. The van der Waals surface area contributed by atoms with Gasteiger partial charge in [-0.15, -0.1) is 0 Å². The summed E-state index contributed by atoms with van der Waals surface area (Å²) >= 11 is 0. The van der Waals surface area contributed by atoms with Crippen LogP contribution >= 0.6 is 0 Å². The topological polar surface area (TPSA) is 55.8 Å². The number of carbonyl (C=O) groups excluding carboxylic acids is 1. The van der Waals surface area contributed by atoms with E-state index in [9.17, 15) is 9.18 Å². The zero-order valence-corrected chi connectivity index (χ0v) is 12.8. The first kappa shape index (κ1) is 17.4. The molecule has 0 aliphatic heterocycles. The molecule has 0 aliphatic carbocycles. The molecule has 1 rings (SSSR count). The van der Waals surface area contributed by atoms with Gasteiger partial charge in [0.1, 0.15) is 5.82 Å². The van der Waals surface area contributed by atoms with Crippen molar-refractivity contribution in [1.29, 1.82) is 0 Å². The van der Waals surface area contributed by atoms with E-state index >= 15 is 0 Å². The standard InChI is InChI=1S/C15H24FN3O2/c1-4-19(9-10-20)15(21)17-11-14(18(2)3)12-5-7-13(16)8-6-12/h5-8,14,20H,4,9-11H2,1-3H3,(H,17,21). The van der Waals surface area contributed by atoms with Gasteiger partial charge in [-0.3, -0.25) is 0 Å². The first-order valence-electron chi connectivity index (χ1n) is 7.05. The average Bonchev–Trinajstić information content (AvgIpc) is 2.46. The van der Waals surface area contributed by atoms with Gasteiger partial charge in [0.15, 0.2) is 0 Å². The van der Waals surface area contributed by atoms with Crippen LogP contribution in [0.25, 0.3) is 0 Å². The van der Waals surface area contributed by atoms with Crippen LogP contribution in [0.1, 0.15) is 18.5 Å². The fourth-order valence-electron chi connectivity index (χ4n) is 2.10. The SMILES string of the molecule is CCN(CCO)C(=O)NCC(c1ccc(F)cc1)N(C)C. The molecule has 1 aromatic carbocycles. The summed E-state index contributed by atoms with van der Waals surface area (Å²) in [4.78, 5) is 15.5. The lowest BCUT2D eigenvalue weighted by molar-refractivity contribution is 0.176. The number of aliphatic hydroxyl groups excluding tert-OH is 1. The van der Waals surface area contributed by atoms with Crippen molar-refractivity contribution in [3.05, 3.63) is 35.6 Å².